The summed E-state index contributed by atoms with van der Waals surface area (Å²) in [6.45, 7) is 0. The number of nitrogens with one attached hydrogen (secondary N) is 2. The molecule has 2 aromatic rings. The van der Waals surface area contributed by atoms with Gasteiger partial charge in [-0.2, -0.15) is 5.26 Å². The molecule has 0 aliphatic heterocycles. The molecule has 6 nitrogen and oxygen atoms in total. The van der Waals surface area contributed by atoms with Gasteiger partial charge in [0.15, 0.2) is 0 Å². The Hall–Kier alpha value is -2.11. The van der Waals surface area contributed by atoms with Gasteiger partial charge in [-0.15, -0.1) is 0 Å². The number of sulfonamides is 1. The topological polar surface area (TPSA) is 99.1 Å². The lowest BCUT2D eigenvalue weighted by atomic mass is 10.2. The van der Waals surface area contributed by atoms with E-state index in [4.69, 9.17) is 28.5 Å². The third kappa shape index (κ3) is 4.17. The summed E-state index contributed by atoms with van der Waals surface area (Å²) >= 11 is 12.1. The first kappa shape index (κ1) is 18.7. The number of nitriles is 1. The highest BCUT2D eigenvalue weighted by molar-refractivity contribution is 7.89. The van der Waals surface area contributed by atoms with Gasteiger partial charge in [0.1, 0.15) is 4.90 Å². The highest BCUT2D eigenvalue weighted by Crippen LogP contribution is 2.31. The molecule has 0 unspecified atom stereocenters. The Balaban J connectivity index is 1.89. The van der Waals surface area contributed by atoms with Crippen LogP contribution in [-0.2, 0) is 10.0 Å². The van der Waals surface area contributed by atoms with Crippen LogP contribution in [0.1, 0.15) is 28.8 Å². The number of carbonyl (C=O) groups is 1. The molecule has 9 heteroatoms. The molecule has 134 valence electrons. The zero-order valence-corrected chi connectivity index (χ0v) is 15.6. The van der Waals surface area contributed by atoms with Crippen molar-refractivity contribution < 1.29 is 13.2 Å². The van der Waals surface area contributed by atoms with Crippen LogP contribution in [0.2, 0.25) is 10.0 Å². The van der Waals surface area contributed by atoms with Gasteiger partial charge in [-0.05, 0) is 49.2 Å². The molecule has 1 fully saturated rings. The van der Waals surface area contributed by atoms with Crippen molar-refractivity contribution in [1.82, 2.24) is 4.72 Å². The minimum Gasteiger partial charge on any atom is -0.322 e. The number of carbonyl (C=O) groups excluding carboxylic acids is 1. The van der Waals surface area contributed by atoms with Gasteiger partial charge in [-0.3, -0.25) is 4.79 Å². The number of halogens is 2. The van der Waals surface area contributed by atoms with E-state index in [9.17, 15) is 13.2 Å². The summed E-state index contributed by atoms with van der Waals surface area (Å²) in [7, 11) is -3.84. The predicted molar refractivity (Wildman–Crippen MR) is 98.9 cm³/mol. The largest absolute Gasteiger partial charge is 0.322 e. The first-order chi connectivity index (χ1) is 12.3. The van der Waals surface area contributed by atoms with Gasteiger partial charge in [0, 0.05) is 11.7 Å². The van der Waals surface area contributed by atoms with Crippen molar-refractivity contribution in [2.45, 2.75) is 23.8 Å². The van der Waals surface area contributed by atoms with Crippen molar-refractivity contribution in [2.24, 2.45) is 0 Å². The molecule has 2 N–H and O–H groups in total. The first-order valence-electron chi connectivity index (χ1n) is 7.63. The summed E-state index contributed by atoms with van der Waals surface area (Å²) in [5, 5.41) is 11.4. The number of anilines is 1. The van der Waals surface area contributed by atoms with Gasteiger partial charge in [0.2, 0.25) is 10.0 Å². The Bertz CT molecular complexity index is 1010. The first-order valence-corrected chi connectivity index (χ1v) is 9.87. The van der Waals surface area contributed by atoms with Crippen molar-refractivity contribution in [3.63, 3.8) is 0 Å². The number of hydrogen-bond donors (Lipinski definition) is 2. The van der Waals surface area contributed by atoms with E-state index < -0.39 is 15.9 Å². The molecule has 0 aromatic heterocycles. The summed E-state index contributed by atoms with van der Waals surface area (Å²) in [6, 6.07) is 10.5. The maximum absolute atomic E-state index is 12.5. The van der Waals surface area contributed by atoms with Crippen molar-refractivity contribution in [1.29, 1.82) is 5.26 Å². The number of hydrogen-bond acceptors (Lipinski definition) is 4. The second kappa shape index (κ2) is 7.25. The van der Waals surface area contributed by atoms with Gasteiger partial charge >= 0.3 is 0 Å². The van der Waals surface area contributed by atoms with Crippen LogP contribution in [0, 0.1) is 11.3 Å². The van der Waals surface area contributed by atoms with E-state index in [0.717, 1.165) is 18.9 Å². The maximum atomic E-state index is 12.5. The molecule has 1 aliphatic rings. The Labute approximate surface area is 160 Å². The standard InChI is InChI=1S/C17H13Cl2N3O3S/c18-14-8-15(19)16(26(24,25)22-12-5-6-12)7-13(14)17(23)21-11-3-1-10(9-20)2-4-11/h1-4,7-8,12,22H,5-6H2,(H,21,23). The number of amides is 1. The van der Waals surface area contributed by atoms with Gasteiger partial charge < -0.3 is 5.32 Å². The van der Waals surface area contributed by atoms with Gasteiger partial charge in [-0.1, -0.05) is 23.2 Å². The fraction of sp³-hybridized carbons (Fsp3) is 0.176. The normalized spacial score (nSPS) is 13.9. The quantitative estimate of drug-likeness (QED) is 0.788. The molecule has 0 saturated heterocycles. The molecule has 1 aliphatic carbocycles. The molecule has 3 rings (SSSR count). The molecule has 0 radical (unpaired) electrons. The fourth-order valence-corrected chi connectivity index (χ4v) is 4.38. The zero-order chi connectivity index (χ0) is 18.9. The third-order valence-electron chi connectivity index (χ3n) is 3.73. The average Bonchev–Trinajstić information content (AvgIpc) is 3.38. The van der Waals surface area contributed by atoms with Crippen molar-refractivity contribution in [2.75, 3.05) is 5.32 Å². The molecule has 1 amide bonds. The molecule has 1 saturated carbocycles. The van der Waals surface area contributed by atoms with Crippen molar-refractivity contribution >= 4 is 44.8 Å². The van der Waals surface area contributed by atoms with Crippen LogP contribution in [0.5, 0.6) is 0 Å². The van der Waals surface area contributed by atoms with Gasteiger partial charge in [0.25, 0.3) is 5.91 Å². The van der Waals surface area contributed by atoms with Crippen LogP contribution in [0.15, 0.2) is 41.3 Å². The van der Waals surface area contributed by atoms with Gasteiger partial charge in [0.05, 0.1) is 27.2 Å². The molecule has 0 heterocycles. The monoisotopic (exact) mass is 409 g/mol. The van der Waals surface area contributed by atoms with Gasteiger partial charge in [-0.25, -0.2) is 13.1 Å². The minimum absolute atomic E-state index is 0.0170. The molecular formula is C17H13Cl2N3O3S. The van der Waals surface area contributed by atoms with E-state index >= 15 is 0 Å². The van der Waals surface area contributed by atoms with Crippen LogP contribution in [0.3, 0.4) is 0 Å². The number of benzene rings is 2. The SMILES string of the molecule is N#Cc1ccc(NC(=O)c2cc(S(=O)(=O)NC3CC3)c(Cl)cc2Cl)cc1. The summed E-state index contributed by atoms with van der Waals surface area (Å²) < 4.78 is 27.4. The predicted octanol–water partition coefficient (Wildman–Crippen LogP) is 3.56. The van der Waals surface area contributed by atoms with E-state index in [1.54, 1.807) is 24.3 Å². The van der Waals surface area contributed by atoms with E-state index in [1.807, 2.05) is 6.07 Å². The zero-order valence-electron chi connectivity index (χ0n) is 13.3. The highest BCUT2D eigenvalue weighted by atomic mass is 35.5. The fourth-order valence-electron chi connectivity index (χ4n) is 2.22. The van der Waals surface area contributed by atoms with Crippen LogP contribution in [0.25, 0.3) is 0 Å². The smallest absolute Gasteiger partial charge is 0.257 e. The van der Waals surface area contributed by atoms with E-state index in [1.165, 1.54) is 6.07 Å². The summed E-state index contributed by atoms with van der Waals surface area (Å²) in [4.78, 5) is 12.3. The lowest BCUT2D eigenvalue weighted by Crippen LogP contribution is -2.26. The summed E-state index contributed by atoms with van der Waals surface area (Å²) in [5.41, 5.74) is 0.879. The van der Waals surface area contributed by atoms with Crippen LogP contribution < -0.4 is 10.0 Å². The lowest BCUT2D eigenvalue weighted by molar-refractivity contribution is 0.102. The number of nitrogens with zero attached hydrogens (tertiary/aromatic N) is 1. The molecule has 0 bridgehead atoms. The van der Waals surface area contributed by atoms with E-state index in [-0.39, 0.29) is 26.5 Å². The molecule has 26 heavy (non-hydrogen) atoms. The number of rotatable bonds is 5. The highest BCUT2D eigenvalue weighted by Gasteiger charge is 2.30. The maximum Gasteiger partial charge on any atom is 0.257 e. The molecule has 0 spiro atoms. The summed E-state index contributed by atoms with van der Waals surface area (Å²) in [5.74, 6) is -0.584. The van der Waals surface area contributed by atoms with Crippen LogP contribution in [0.4, 0.5) is 5.69 Å². The second-order valence-corrected chi connectivity index (χ2v) is 8.30. The van der Waals surface area contributed by atoms with Crippen LogP contribution in [-0.4, -0.2) is 20.4 Å². The van der Waals surface area contributed by atoms with Crippen molar-refractivity contribution in [3.8, 4) is 6.07 Å². The lowest BCUT2D eigenvalue weighted by Gasteiger charge is -2.12. The third-order valence-corrected chi connectivity index (χ3v) is 6.02. The molecule has 2 aromatic carbocycles. The Morgan fingerprint density at radius 2 is 1.77 bits per heavy atom. The Morgan fingerprint density at radius 3 is 2.35 bits per heavy atom. The summed E-state index contributed by atoms with van der Waals surface area (Å²) in [6.07, 6.45) is 1.55. The van der Waals surface area contributed by atoms with Crippen molar-refractivity contribution in [3.05, 3.63) is 57.6 Å². The molecule has 0 atom stereocenters. The van der Waals surface area contributed by atoms with E-state index in [2.05, 4.69) is 10.0 Å². The van der Waals surface area contributed by atoms with Crippen LogP contribution >= 0.6 is 23.2 Å². The Kier molecular flexibility index (Phi) is 5.21. The van der Waals surface area contributed by atoms with E-state index in [0.29, 0.717) is 11.3 Å². The Morgan fingerprint density at radius 1 is 1.12 bits per heavy atom. The molecular weight excluding hydrogens is 397 g/mol. The second-order valence-electron chi connectivity index (χ2n) is 5.80. The minimum atomic E-state index is -3.84. The average molecular weight is 410 g/mol.